The van der Waals surface area contributed by atoms with E-state index in [1.807, 2.05) is 41.5 Å². The predicted octanol–water partition coefficient (Wildman–Crippen LogP) is 3.25. The van der Waals surface area contributed by atoms with Crippen LogP contribution in [0.3, 0.4) is 0 Å². The number of rotatable bonds is 8. The van der Waals surface area contributed by atoms with Crippen molar-refractivity contribution in [3.05, 3.63) is 0 Å². The number of esters is 2. The van der Waals surface area contributed by atoms with Crippen LogP contribution in [-0.2, 0) is 23.8 Å². The van der Waals surface area contributed by atoms with Crippen LogP contribution in [0.2, 0.25) is 0 Å². The molecular formula is C16H30O5. The first-order valence-electron chi connectivity index (χ1n) is 7.51. The van der Waals surface area contributed by atoms with Crippen LogP contribution in [0.25, 0.3) is 0 Å². The van der Waals surface area contributed by atoms with Crippen molar-refractivity contribution in [2.45, 2.75) is 78.4 Å². The summed E-state index contributed by atoms with van der Waals surface area (Å²) in [7, 11) is 0. The predicted molar refractivity (Wildman–Crippen MR) is 81.0 cm³/mol. The van der Waals surface area contributed by atoms with Gasteiger partial charge in [-0.05, 0) is 54.4 Å². The van der Waals surface area contributed by atoms with Crippen LogP contribution in [-0.4, -0.2) is 36.4 Å². The zero-order valence-corrected chi connectivity index (χ0v) is 14.3. The van der Waals surface area contributed by atoms with Crippen LogP contribution in [0.15, 0.2) is 0 Å². The monoisotopic (exact) mass is 302 g/mol. The lowest BCUT2D eigenvalue weighted by atomic mass is 10.2. The first-order chi connectivity index (χ1) is 9.49. The fraction of sp³-hybridized carbons (Fsp3) is 0.875. The molecule has 0 fully saturated rings. The van der Waals surface area contributed by atoms with E-state index in [1.54, 1.807) is 0 Å². The van der Waals surface area contributed by atoms with Gasteiger partial charge in [0.25, 0.3) is 0 Å². The van der Waals surface area contributed by atoms with Gasteiger partial charge in [-0.3, -0.25) is 9.59 Å². The topological polar surface area (TPSA) is 61.8 Å². The third kappa shape index (κ3) is 15.1. The van der Waals surface area contributed by atoms with Crippen molar-refractivity contribution in [1.29, 1.82) is 0 Å². The zero-order valence-electron chi connectivity index (χ0n) is 14.3. The summed E-state index contributed by atoms with van der Waals surface area (Å²) in [6.07, 6.45) is 1.95. The fourth-order valence-electron chi connectivity index (χ4n) is 1.52. The van der Waals surface area contributed by atoms with E-state index >= 15 is 0 Å². The Bertz CT molecular complexity index is 291. The Morgan fingerprint density at radius 2 is 1.05 bits per heavy atom. The first-order valence-corrected chi connectivity index (χ1v) is 7.51. The Morgan fingerprint density at radius 1 is 0.714 bits per heavy atom. The van der Waals surface area contributed by atoms with Crippen LogP contribution in [0.5, 0.6) is 0 Å². The molecule has 0 atom stereocenters. The second kappa shape index (κ2) is 9.03. The molecular weight excluding hydrogens is 272 g/mol. The molecule has 0 bridgehead atoms. The molecule has 0 aliphatic rings. The second-order valence-electron chi connectivity index (χ2n) is 6.99. The van der Waals surface area contributed by atoms with E-state index in [4.69, 9.17) is 14.2 Å². The largest absolute Gasteiger partial charge is 0.460 e. The number of ether oxygens (including phenoxy) is 3. The van der Waals surface area contributed by atoms with Gasteiger partial charge in [0.15, 0.2) is 0 Å². The number of hydrogen-bond donors (Lipinski definition) is 0. The van der Waals surface area contributed by atoms with Crippen molar-refractivity contribution in [2.75, 3.05) is 13.2 Å². The van der Waals surface area contributed by atoms with Crippen molar-refractivity contribution in [3.8, 4) is 0 Å². The molecule has 0 heterocycles. The van der Waals surface area contributed by atoms with Gasteiger partial charge in [-0.2, -0.15) is 0 Å². The molecule has 0 aliphatic carbocycles. The molecule has 21 heavy (non-hydrogen) atoms. The van der Waals surface area contributed by atoms with E-state index in [-0.39, 0.29) is 11.9 Å². The molecule has 5 nitrogen and oxygen atoms in total. The van der Waals surface area contributed by atoms with Crippen LogP contribution in [0, 0.1) is 0 Å². The minimum absolute atomic E-state index is 0.208. The Labute approximate surface area is 128 Å². The summed E-state index contributed by atoms with van der Waals surface area (Å²) >= 11 is 0. The summed E-state index contributed by atoms with van der Waals surface area (Å²) in [5, 5.41) is 0. The van der Waals surface area contributed by atoms with Gasteiger partial charge in [-0.15, -0.1) is 0 Å². The highest BCUT2D eigenvalue weighted by Crippen LogP contribution is 2.10. The summed E-state index contributed by atoms with van der Waals surface area (Å²) in [4.78, 5) is 22.9. The van der Waals surface area contributed by atoms with Crippen molar-refractivity contribution < 1.29 is 23.8 Å². The van der Waals surface area contributed by atoms with Gasteiger partial charge in [0, 0.05) is 26.1 Å². The quantitative estimate of drug-likeness (QED) is 0.509. The average Bonchev–Trinajstić information content (AvgIpc) is 2.22. The second-order valence-corrected chi connectivity index (χ2v) is 6.99. The summed E-state index contributed by atoms with van der Waals surface area (Å²) < 4.78 is 15.8. The van der Waals surface area contributed by atoms with Gasteiger partial charge in [0.1, 0.15) is 11.2 Å². The van der Waals surface area contributed by atoms with Crippen molar-refractivity contribution in [2.24, 2.45) is 0 Å². The van der Waals surface area contributed by atoms with Crippen LogP contribution < -0.4 is 0 Å². The molecule has 0 aromatic rings. The molecule has 0 unspecified atom stereocenters. The molecule has 0 radical (unpaired) electrons. The van der Waals surface area contributed by atoms with Crippen molar-refractivity contribution in [1.82, 2.24) is 0 Å². The lowest BCUT2D eigenvalue weighted by Gasteiger charge is -2.19. The third-order valence-corrected chi connectivity index (χ3v) is 2.18. The number of carbonyl (C=O) groups excluding carboxylic acids is 2. The molecule has 0 N–H and O–H groups in total. The highest BCUT2D eigenvalue weighted by Gasteiger charge is 2.16. The molecule has 0 amide bonds. The van der Waals surface area contributed by atoms with Gasteiger partial charge in [-0.25, -0.2) is 0 Å². The standard InChI is InChI=1S/C16H30O5/c1-15(2,3)20-13(17)9-7-11-19-12-8-10-14(18)21-16(4,5)6/h7-12H2,1-6H3. The summed E-state index contributed by atoms with van der Waals surface area (Å²) in [6.45, 7) is 12.1. The Kier molecular flexibility index (Phi) is 8.55. The third-order valence-electron chi connectivity index (χ3n) is 2.18. The van der Waals surface area contributed by atoms with Crippen LogP contribution in [0.1, 0.15) is 67.2 Å². The molecule has 0 aromatic carbocycles. The minimum atomic E-state index is -0.439. The SMILES string of the molecule is CC(C)(C)OC(=O)CCCOCCCC(=O)OC(C)(C)C. The highest BCUT2D eigenvalue weighted by molar-refractivity contribution is 5.70. The Balaban J connectivity index is 3.49. The van der Waals surface area contributed by atoms with Crippen LogP contribution >= 0.6 is 0 Å². The van der Waals surface area contributed by atoms with E-state index in [2.05, 4.69) is 0 Å². The molecule has 0 saturated heterocycles. The van der Waals surface area contributed by atoms with E-state index in [0.717, 1.165) is 0 Å². The maximum absolute atomic E-state index is 11.4. The fourth-order valence-corrected chi connectivity index (χ4v) is 1.52. The molecule has 0 saturated carbocycles. The van der Waals surface area contributed by atoms with Gasteiger partial charge in [-0.1, -0.05) is 0 Å². The van der Waals surface area contributed by atoms with E-state index < -0.39 is 11.2 Å². The summed E-state index contributed by atoms with van der Waals surface area (Å²) in [5.74, 6) is -0.417. The zero-order chi connectivity index (χ0) is 16.5. The Morgan fingerprint density at radius 3 is 1.33 bits per heavy atom. The molecule has 5 heteroatoms. The van der Waals surface area contributed by atoms with Crippen molar-refractivity contribution >= 4 is 11.9 Å². The lowest BCUT2D eigenvalue weighted by molar-refractivity contribution is -0.155. The summed E-state index contributed by atoms with van der Waals surface area (Å²) in [6, 6.07) is 0. The average molecular weight is 302 g/mol. The Hall–Kier alpha value is -1.10. The van der Waals surface area contributed by atoms with Gasteiger partial charge >= 0.3 is 11.9 Å². The normalized spacial score (nSPS) is 12.1. The van der Waals surface area contributed by atoms with Gasteiger partial charge in [0.05, 0.1) is 0 Å². The minimum Gasteiger partial charge on any atom is -0.460 e. The molecule has 0 spiro atoms. The van der Waals surface area contributed by atoms with E-state index in [0.29, 0.717) is 38.9 Å². The van der Waals surface area contributed by atoms with Crippen LogP contribution in [0.4, 0.5) is 0 Å². The molecule has 124 valence electrons. The van der Waals surface area contributed by atoms with E-state index in [9.17, 15) is 9.59 Å². The van der Waals surface area contributed by atoms with E-state index in [1.165, 1.54) is 0 Å². The molecule has 0 rings (SSSR count). The maximum atomic E-state index is 11.4. The van der Waals surface area contributed by atoms with Gasteiger partial charge < -0.3 is 14.2 Å². The number of carbonyl (C=O) groups is 2. The molecule has 0 aromatic heterocycles. The highest BCUT2D eigenvalue weighted by atomic mass is 16.6. The maximum Gasteiger partial charge on any atom is 0.306 e. The van der Waals surface area contributed by atoms with Crippen molar-refractivity contribution in [3.63, 3.8) is 0 Å². The molecule has 0 aliphatic heterocycles. The summed E-state index contributed by atoms with van der Waals surface area (Å²) in [5.41, 5.74) is -0.878. The first kappa shape index (κ1) is 19.9. The lowest BCUT2D eigenvalue weighted by Crippen LogP contribution is -2.24. The number of hydrogen-bond acceptors (Lipinski definition) is 5. The van der Waals surface area contributed by atoms with Gasteiger partial charge in [0.2, 0.25) is 0 Å². The smallest absolute Gasteiger partial charge is 0.306 e.